The Kier molecular flexibility index (Phi) is 5.35. The standard InChI is InChI=1S/C23H23FN4O2/c1-16-21(17(2)28(25-16)20-10-8-19(24)9-11-20)23(30)27-14-12-26(13-15-27)22(29)18-6-4-3-5-7-18/h3-11H,12-15H2,1-2H3. The average Bonchev–Trinajstić information content (AvgIpc) is 3.08. The molecule has 7 heteroatoms. The molecule has 1 aromatic heterocycles. The zero-order valence-electron chi connectivity index (χ0n) is 17.0. The van der Waals surface area contributed by atoms with Gasteiger partial charge in [0.1, 0.15) is 5.82 Å². The normalized spacial score (nSPS) is 14.1. The van der Waals surface area contributed by atoms with E-state index in [1.165, 1.54) is 12.1 Å². The number of aryl methyl sites for hydroxylation is 1. The van der Waals surface area contributed by atoms with Gasteiger partial charge >= 0.3 is 0 Å². The smallest absolute Gasteiger partial charge is 0.257 e. The molecule has 3 aromatic rings. The highest BCUT2D eigenvalue weighted by atomic mass is 19.1. The molecule has 0 N–H and O–H groups in total. The van der Waals surface area contributed by atoms with Gasteiger partial charge in [0.05, 0.1) is 22.6 Å². The maximum absolute atomic E-state index is 13.2. The summed E-state index contributed by atoms with van der Waals surface area (Å²) in [7, 11) is 0. The zero-order chi connectivity index (χ0) is 21.3. The molecule has 30 heavy (non-hydrogen) atoms. The summed E-state index contributed by atoms with van der Waals surface area (Å²) in [6.45, 7) is 5.56. The van der Waals surface area contributed by atoms with Crippen molar-refractivity contribution in [3.63, 3.8) is 0 Å². The van der Waals surface area contributed by atoms with Crippen molar-refractivity contribution in [3.8, 4) is 5.69 Å². The van der Waals surface area contributed by atoms with Gasteiger partial charge in [-0.1, -0.05) is 18.2 Å². The van der Waals surface area contributed by atoms with Crippen molar-refractivity contribution in [2.45, 2.75) is 13.8 Å². The van der Waals surface area contributed by atoms with Crippen molar-refractivity contribution in [2.24, 2.45) is 0 Å². The van der Waals surface area contributed by atoms with Crippen molar-refractivity contribution in [2.75, 3.05) is 26.2 Å². The predicted octanol–water partition coefficient (Wildman–Crippen LogP) is 3.23. The molecule has 6 nitrogen and oxygen atoms in total. The maximum atomic E-state index is 13.2. The second-order valence-electron chi connectivity index (χ2n) is 7.38. The lowest BCUT2D eigenvalue weighted by Gasteiger charge is -2.35. The summed E-state index contributed by atoms with van der Waals surface area (Å²) in [6.07, 6.45) is 0. The number of carbonyl (C=O) groups is 2. The number of hydrogen-bond acceptors (Lipinski definition) is 3. The molecular formula is C23H23FN4O2. The molecule has 4 rings (SSSR count). The van der Waals surface area contributed by atoms with Gasteiger partial charge in [-0.15, -0.1) is 0 Å². The minimum absolute atomic E-state index is 0.0146. The van der Waals surface area contributed by atoms with Crippen molar-refractivity contribution in [3.05, 3.63) is 82.9 Å². The Labute approximate surface area is 174 Å². The van der Waals surface area contributed by atoms with Crippen LogP contribution in [0.5, 0.6) is 0 Å². The van der Waals surface area contributed by atoms with E-state index < -0.39 is 0 Å². The first-order valence-corrected chi connectivity index (χ1v) is 9.91. The number of nitrogens with zero attached hydrogens (tertiary/aromatic N) is 4. The van der Waals surface area contributed by atoms with Gasteiger partial charge in [0, 0.05) is 31.7 Å². The summed E-state index contributed by atoms with van der Waals surface area (Å²) in [5.41, 5.74) is 3.26. The Morgan fingerprint density at radius 1 is 0.833 bits per heavy atom. The van der Waals surface area contributed by atoms with E-state index in [1.807, 2.05) is 25.1 Å². The van der Waals surface area contributed by atoms with Crippen LogP contribution in [0.2, 0.25) is 0 Å². The zero-order valence-corrected chi connectivity index (χ0v) is 17.0. The van der Waals surface area contributed by atoms with Gasteiger partial charge < -0.3 is 9.80 Å². The molecule has 2 amide bonds. The largest absolute Gasteiger partial charge is 0.335 e. The topological polar surface area (TPSA) is 58.4 Å². The fraction of sp³-hybridized carbons (Fsp3) is 0.261. The van der Waals surface area contributed by atoms with Gasteiger partial charge in [-0.25, -0.2) is 9.07 Å². The molecule has 2 aromatic carbocycles. The van der Waals surface area contributed by atoms with E-state index in [0.717, 1.165) is 0 Å². The summed E-state index contributed by atoms with van der Waals surface area (Å²) < 4.78 is 14.9. The summed E-state index contributed by atoms with van der Waals surface area (Å²) >= 11 is 0. The molecule has 0 aliphatic carbocycles. The first kappa shape index (κ1) is 19.8. The van der Waals surface area contributed by atoms with Crippen LogP contribution in [0.25, 0.3) is 5.69 Å². The third-order valence-corrected chi connectivity index (χ3v) is 5.45. The number of rotatable bonds is 3. The molecule has 1 aliphatic rings. The summed E-state index contributed by atoms with van der Waals surface area (Å²) in [5.74, 6) is -0.427. The van der Waals surface area contributed by atoms with Gasteiger partial charge in [0.25, 0.3) is 11.8 Å². The SMILES string of the molecule is Cc1nn(-c2ccc(F)cc2)c(C)c1C(=O)N1CCN(C(=O)c2ccccc2)CC1. The predicted molar refractivity (Wildman–Crippen MR) is 111 cm³/mol. The van der Waals surface area contributed by atoms with Crippen molar-refractivity contribution in [1.82, 2.24) is 19.6 Å². The van der Waals surface area contributed by atoms with Gasteiger partial charge in [-0.3, -0.25) is 9.59 Å². The van der Waals surface area contributed by atoms with Crippen LogP contribution in [0.4, 0.5) is 4.39 Å². The van der Waals surface area contributed by atoms with E-state index in [9.17, 15) is 14.0 Å². The molecule has 0 unspecified atom stereocenters. The van der Waals surface area contributed by atoms with Crippen LogP contribution in [0.1, 0.15) is 32.1 Å². The van der Waals surface area contributed by atoms with E-state index in [4.69, 9.17) is 0 Å². The summed E-state index contributed by atoms with van der Waals surface area (Å²) in [6, 6.07) is 15.2. The number of aromatic nitrogens is 2. The monoisotopic (exact) mass is 406 g/mol. The Morgan fingerprint density at radius 2 is 1.40 bits per heavy atom. The molecule has 1 fully saturated rings. The van der Waals surface area contributed by atoms with Crippen molar-refractivity contribution in [1.29, 1.82) is 0 Å². The fourth-order valence-corrected chi connectivity index (χ4v) is 3.82. The van der Waals surface area contributed by atoms with Crippen LogP contribution in [0.3, 0.4) is 0 Å². The molecule has 1 saturated heterocycles. The summed E-state index contributed by atoms with van der Waals surface area (Å²) in [4.78, 5) is 29.4. The van der Waals surface area contributed by atoms with Crippen molar-refractivity contribution < 1.29 is 14.0 Å². The van der Waals surface area contributed by atoms with Gasteiger partial charge in [0.15, 0.2) is 0 Å². The molecule has 0 bridgehead atoms. The number of amides is 2. The lowest BCUT2D eigenvalue weighted by atomic mass is 10.1. The Hall–Kier alpha value is -3.48. The first-order valence-electron chi connectivity index (χ1n) is 9.91. The third-order valence-electron chi connectivity index (χ3n) is 5.45. The number of hydrogen-bond donors (Lipinski definition) is 0. The molecule has 0 radical (unpaired) electrons. The molecule has 0 saturated carbocycles. The third kappa shape index (κ3) is 3.70. The van der Waals surface area contributed by atoms with Crippen LogP contribution < -0.4 is 0 Å². The highest BCUT2D eigenvalue weighted by molar-refractivity contribution is 5.97. The molecule has 0 spiro atoms. The molecule has 0 atom stereocenters. The Morgan fingerprint density at radius 3 is 2.00 bits per heavy atom. The molecule has 2 heterocycles. The fourth-order valence-electron chi connectivity index (χ4n) is 3.82. The minimum Gasteiger partial charge on any atom is -0.335 e. The maximum Gasteiger partial charge on any atom is 0.257 e. The molecule has 154 valence electrons. The minimum atomic E-state index is -0.320. The van der Waals surface area contributed by atoms with Crippen LogP contribution in [0.15, 0.2) is 54.6 Å². The second-order valence-corrected chi connectivity index (χ2v) is 7.38. The lowest BCUT2D eigenvalue weighted by Crippen LogP contribution is -2.50. The highest BCUT2D eigenvalue weighted by Crippen LogP contribution is 2.21. The van der Waals surface area contributed by atoms with Crippen LogP contribution >= 0.6 is 0 Å². The average molecular weight is 406 g/mol. The first-order chi connectivity index (χ1) is 14.5. The van der Waals surface area contributed by atoms with Gasteiger partial charge in [-0.2, -0.15) is 5.10 Å². The number of carbonyl (C=O) groups excluding carboxylic acids is 2. The van der Waals surface area contributed by atoms with Crippen LogP contribution in [-0.4, -0.2) is 57.6 Å². The van der Waals surface area contributed by atoms with Crippen LogP contribution in [-0.2, 0) is 0 Å². The van der Waals surface area contributed by atoms with E-state index in [-0.39, 0.29) is 17.6 Å². The van der Waals surface area contributed by atoms with E-state index in [0.29, 0.717) is 54.4 Å². The lowest BCUT2D eigenvalue weighted by molar-refractivity contribution is 0.0534. The summed E-state index contributed by atoms with van der Waals surface area (Å²) in [5, 5.41) is 4.49. The number of halogens is 1. The quantitative estimate of drug-likeness (QED) is 0.671. The Bertz CT molecular complexity index is 1070. The van der Waals surface area contributed by atoms with E-state index in [1.54, 1.807) is 45.7 Å². The van der Waals surface area contributed by atoms with Gasteiger partial charge in [-0.05, 0) is 50.2 Å². The molecule has 1 aliphatic heterocycles. The highest BCUT2D eigenvalue weighted by Gasteiger charge is 2.29. The van der Waals surface area contributed by atoms with E-state index >= 15 is 0 Å². The van der Waals surface area contributed by atoms with Crippen LogP contribution in [0, 0.1) is 19.7 Å². The molecular weight excluding hydrogens is 383 g/mol. The van der Waals surface area contributed by atoms with Gasteiger partial charge in [0.2, 0.25) is 0 Å². The Balaban J connectivity index is 1.48. The second kappa shape index (κ2) is 8.10. The van der Waals surface area contributed by atoms with E-state index in [2.05, 4.69) is 5.10 Å². The number of benzene rings is 2. The van der Waals surface area contributed by atoms with Crippen molar-refractivity contribution >= 4 is 11.8 Å². The number of piperazine rings is 1.